The Labute approximate surface area is 49.5 Å². The van der Waals surface area contributed by atoms with Crippen LogP contribution in [0.1, 0.15) is 20.3 Å². The molecule has 1 atom stereocenters. The van der Waals surface area contributed by atoms with Crippen molar-refractivity contribution in [1.29, 1.82) is 0 Å². The van der Waals surface area contributed by atoms with E-state index in [1.165, 1.54) is 0 Å². The van der Waals surface area contributed by atoms with E-state index in [-0.39, 0.29) is 0 Å². The zero-order chi connectivity index (χ0) is 6.41. The summed E-state index contributed by atoms with van der Waals surface area (Å²) in [7, 11) is 0. The highest BCUT2D eigenvalue weighted by Crippen LogP contribution is 1.88. The van der Waals surface area contributed by atoms with Gasteiger partial charge in [-0.1, -0.05) is 12.8 Å². The van der Waals surface area contributed by atoms with Gasteiger partial charge in [-0.05, 0) is 0 Å². The summed E-state index contributed by atoms with van der Waals surface area (Å²) < 4.78 is 4.53. The van der Waals surface area contributed by atoms with Crippen LogP contribution in [-0.4, -0.2) is 11.4 Å². The lowest BCUT2D eigenvalue weighted by Crippen LogP contribution is -2.05. The Morgan fingerprint density at radius 1 is 1.75 bits per heavy atom. The van der Waals surface area contributed by atoms with Crippen molar-refractivity contribution in [1.82, 2.24) is 0 Å². The molecule has 0 aliphatic carbocycles. The van der Waals surface area contributed by atoms with Gasteiger partial charge >= 0.3 is 0 Å². The fraction of sp³-hybridized carbons (Fsp3) is 0.667. The number of rotatable bonds is 2. The number of hydrogen-bond donors (Lipinski definition) is 1. The first-order valence-electron chi connectivity index (χ1n) is 2.56. The van der Waals surface area contributed by atoms with Crippen LogP contribution >= 0.6 is 0 Å². The molecule has 0 radical (unpaired) electrons. The number of hydrogen-bond acceptors (Lipinski definition) is 2. The van der Waals surface area contributed by atoms with Gasteiger partial charge in [-0.3, -0.25) is 0 Å². The van der Waals surface area contributed by atoms with Gasteiger partial charge in [-0.25, -0.2) is 0 Å². The van der Waals surface area contributed by atoms with Crippen LogP contribution in [0.25, 0.3) is 0 Å². The average molecular weight is 114 g/mol. The minimum Gasteiger partial charge on any atom is -0.415 e. The largest absolute Gasteiger partial charge is 0.415 e. The van der Waals surface area contributed by atoms with E-state index in [0.717, 1.165) is 0 Å². The lowest BCUT2D eigenvalue weighted by Gasteiger charge is -2.01. The molecule has 0 rings (SSSR count). The predicted octanol–water partition coefficient (Wildman–Crippen LogP) is 0.712. The Kier molecular flexibility index (Phi) is 4.10. The van der Waals surface area contributed by atoms with Gasteiger partial charge in [0, 0.05) is 13.3 Å². The predicted molar refractivity (Wildman–Crippen MR) is 30.8 cm³/mol. The highest BCUT2D eigenvalue weighted by molar-refractivity contribution is 4.85. The molecule has 0 aromatic rings. The van der Waals surface area contributed by atoms with Gasteiger partial charge in [-0.2, -0.15) is 0 Å². The Balaban J connectivity index is 3.19. The monoisotopic (exact) mass is 114 g/mol. The molecule has 46 valence electrons. The van der Waals surface area contributed by atoms with Gasteiger partial charge in [0.2, 0.25) is 6.29 Å². The van der Waals surface area contributed by atoms with Crippen molar-refractivity contribution >= 4 is 0 Å². The van der Waals surface area contributed by atoms with E-state index in [1.807, 2.05) is 6.92 Å². The molecular formula is C6H10O2. The molecule has 2 heteroatoms. The van der Waals surface area contributed by atoms with Crippen LogP contribution in [0.15, 0.2) is 0 Å². The third-order valence-electron chi connectivity index (χ3n) is 0.646. The molecule has 0 aliphatic heterocycles. The van der Waals surface area contributed by atoms with Crippen LogP contribution in [0.2, 0.25) is 0 Å². The second-order valence-electron chi connectivity index (χ2n) is 1.33. The summed E-state index contributed by atoms with van der Waals surface area (Å²) in [5, 5.41) is 8.66. The van der Waals surface area contributed by atoms with Gasteiger partial charge in [-0.15, -0.1) is 0 Å². The van der Waals surface area contributed by atoms with Crippen molar-refractivity contribution < 1.29 is 9.84 Å². The molecule has 0 saturated heterocycles. The minimum absolute atomic E-state index is 0.578. The Morgan fingerprint density at radius 3 is 2.75 bits per heavy atom. The second-order valence-corrected chi connectivity index (χ2v) is 1.33. The van der Waals surface area contributed by atoms with Crippen LogP contribution in [0.4, 0.5) is 0 Å². The van der Waals surface area contributed by atoms with Crippen molar-refractivity contribution in [3.63, 3.8) is 0 Å². The Morgan fingerprint density at radius 2 is 2.38 bits per heavy atom. The molecule has 1 N–H and O–H groups in total. The maximum Gasteiger partial charge on any atom is 0.207 e. The summed E-state index contributed by atoms with van der Waals surface area (Å²) in [5.41, 5.74) is 0. The van der Waals surface area contributed by atoms with Crippen LogP contribution < -0.4 is 0 Å². The second kappa shape index (κ2) is 4.48. The lowest BCUT2D eigenvalue weighted by molar-refractivity contribution is -0.0412. The maximum atomic E-state index is 8.66. The molecule has 0 heterocycles. The lowest BCUT2D eigenvalue weighted by atomic mass is 10.5. The van der Waals surface area contributed by atoms with Gasteiger partial charge in [0.15, 0.2) is 0 Å². The van der Waals surface area contributed by atoms with Crippen molar-refractivity contribution in [3.8, 4) is 12.0 Å². The Hall–Kier alpha value is -0.680. The first-order valence-corrected chi connectivity index (χ1v) is 2.56. The van der Waals surface area contributed by atoms with E-state index >= 15 is 0 Å². The van der Waals surface area contributed by atoms with Crippen molar-refractivity contribution in [2.75, 3.05) is 0 Å². The number of ether oxygens (including phenoxy) is 1. The van der Waals surface area contributed by atoms with Crippen LogP contribution in [0.5, 0.6) is 0 Å². The Bertz CT molecular complexity index is 98.8. The number of aliphatic hydroxyl groups is 1. The van der Waals surface area contributed by atoms with E-state index in [9.17, 15) is 0 Å². The summed E-state index contributed by atoms with van der Waals surface area (Å²) >= 11 is 0. The molecule has 0 saturated carbocycles. The SMILES string of the molecule is CC#COC(O)CC. The fourth-order valence-corrected chi connectivity index (χ4v) is 0.210. The smallest absolute Gasteiger partial charge is 0.207 e. The first kappa shape index (κ1) is 7.32. The van der Waals surface area contributed by atoms with E-state index in [4.69, 9.17) is 5.11 Å². The molecule has 0 amide bonds. The molecule has 2 nitrogen and oxygen atoms in total. The van der Waals surface area contributed by atoms with Gasteiger partial charge in [0.05, 0.1) is 0 Å². The summed E-state index contributed by atoms with van der Waals surface area (Å²) in [6.07, 6.45) is 2.16. The third-order valence-corrected chi connectivity index (χ3v) is 0.646. The molecule has 0 fully saturated rings. The normalized spacial score (nSPS) is 11.4. The highest BCUT2D eigenvalue weighted by atomic mass is 16.6. The fourth-order valence-electron chi connectivity index (χ4n) is 0.210. The maximum absolute atomic E-state index is 8.66. The molecule has 0 bridgehead atoms. The third kappa shape index (κ3) is 3.51. The average Bonchev–Trinajstić information content (AvgIpc) is 1.83. The molecule has 0 spiro atoms. The van der Waals surface area contributed by atoms with Gasteiger partial charge in [0.25, 0.3) is 0 Å². The first-order chi connectivity index (χ1) is 3.81. The highest BCUT2D eigenvalue weighted by Gasteiger charge is 1.93. The molecular weight excluding hydrogens is 104 g/mol. The topological polar surface area (TPSA) is 29.5 Å². The zero-order valence-corrected chi connectivity index (χ0v) is 5.14. The van der Waals surface area contributed by atoms with Gasteiger partial charge < -0.3 is 9.84 Å². The minimum atomic E-state index is -0.720. The molecule has 1 unspecified atom stereocenters. The number of aliphatic hydroxyl groups excluding tert-OH is 1. The summed E-state index contributed by atoms with van der Waals surface area (Å²) in [6.45, 7) is 3.48. The van der Waals surface area contributed by atoms with Crippen molar-refractivity contribution in [2.24, 2.45) is 0 Å². The van der Waals surface area contributed by atoms with Gasteiger partial charge in [0.1, 0.15) is 6.11 Å². The van der Waals surface area contributed by atoms with Crippen LogP contribution in [-0.2, 0) is 4.74 Å². The zero-order valence-electron chi connectivity index (χ0n) is 5.14. The quantitative estimate of drug-likeness (QED) is 0.423. The van der Waals surface area contributed by atoms with E-state index in [0.29, 0.717) is 6.42 Å². The molecule has 0 aromatic carbocycles. The van der Waals surface area contributed by atoms with Crippen molar-refractivity contribution in [2.45, 2.75) is 26.6 Å². The standard InChI is InChI=1S/C6H10O2/c1-3-5-8-6(7)4-2/h6-7H,4H2,1-2H3. The summed E-state index contributed by atoms with van der Waals surface area (Å²) in [5.74, 6) is 2.50. The van der Waals surface area contributed by atoms with Crippen LogP contribution in [0, 0.1) is 12.0 Å². The van der Waals surface area contributed by atoms with Crippen molar-refractivity contribution in [3.05, 3.63) is 0 Å². The van der Waals surface area contributed by atoms with E-state index in [1.54, 1.807) is 6.92 Å². The molecule has 0 aliphatic rings. The van der Waals surface area contributed by atoms with E-state index < -0.39 is 6.29 Å². The molecule has 8 heavy (non-hydrogen) atoms. The molecule has 0 aromatic heterocycles. The summed E-state index contributed by atoms with van der Waals surface area (Å²) in [4.78, 5) is 0. The van der Waals surface area contributed by atoms with E-state index in [2.05, 4.69) is 16.8 Å². The van der Waals surface area contributed by atoms with Crippen LogP contribution in [0.3, 0.4) is 0 Å². The summed E-state index contributed by atoms with van der Waals surface area (Å²) in [6, 6.07) is 0.